The van der Waals surface area contributed by atoms with Gasteiger partial charge in [0.15, 0.2) is 0 Å². The van der Waals surface area contributed by atoms with Gasteiger partial charge in [0, 0.05) is 26.7 Å². The minimum atomic E-state index is -0.523. The third-order valence-corrected chi connectivity index (χ3v) is 5.63. The summed E-state index contributed by atoms with van der Waals surface area (Å²) in [5, 5.41) is 7.08. The number of aldehydes is 1. The molecule has 0 aromatic carbocycles. The van der Waals surface area contributed by atoms with E-state index < -0.39 is 5.92 Å². The van der Waals surface area contributed by atoms with Crippen molar-refractivity contribution in [2.75, 3.05) is 40.5 Å². The summed E-state index contributed by atoms with van der Waals surface area (Å²) in [5.41, 5.74) is -0.356. The highest BCUT2D eigenvalue weighted by Gasteiger charge is 2.29. The number of Topliss-reactive ketones (excluding diaryl/α,β-unsaturated/α-hetero) is 1. The predicted molar refractivity (Wildman–Crippen MR) is 103 cm³/mol. The first-order valence-electron chi connectivity index (χ1n) is 9.81. The summed E-state index contributed by atoms with van der Waals surface area (Å²) in [5.74, 6) is 0.485. The smallest absolute Gasteiger partial charge is 0.142 e. The molecule has 1 aliphatic heterocycles. The van der Waals surface area contributed by atoms with Crippen LogP contribution in [0.2, 0.25) is 0 Å². The number of nitrogens with one attached hydrogen (secondary N) is 2. The van der Waals surface area contributed by atoms with E-state index in [-0.39, 0.29) is 11.4 Å². The minimum Gasteiger partial charge on any atom is -0.383 e. The van der Waals surface area contributed by atoms with Crippen LogP contribution < -0.4 is 10.6 Å². The molecule has 0 saturated carbocycles. The number of ether oxygens (including phenoxy) is 2. The SMILES string of the molecule is COCC(NC[C@H](C)C[C@](C)(CCC(=O)C(C)C=O)OC)C1CCNC1. The normalized spacial score (nSPS) is 23.2. The molecule has 0 amide bonds. The molecule has 6 nitrogen and oxygen atoms in total. The maximum absolute atomic E-state index is 11.9. The van der Waals surface area contributed by atoms with Crippen LogP contribution in [0.5, 0.6) is 0 Å². The molecular weight excluding hydrogens is 332 g/mol. The number of carbonyl (C=O) groups excluding carboxylic acids is 2. The van der Waals surface area contributed by atoms with Crippen LogP contribution >= 0.6 is 0 Å². The lowest BCUT2D eigenvalue weighted by Gasteiger charge is -2.32. The van der Waals surface area contributed by atoms with Crippen molar-refractivity contribution in [3.63, 3.8) is 0 Å². The minimum absolute atomic E-state index is 0.0112. The number of methoxy groups -OCH3 is 2. The first kappa shape index (κ1) is 23.2. The van der Waals surface area contributed by atoms with Crippen LogP contribution in [-0.2, 0) is 19.1 Å². The van der Waals surface area contributed by atoms with Gasteiger partial charge in [-0.2, -0.15) is 0 Å². The highest BCUT2D eigenvalue weighted by atomic mass is 16.5. The highest BCUT2D eigenvalue weighted by molar-refractivity contribution is 5.92. The molecule has 1 saturated heterocycles. The molecule has 1 fully saturated rings. The van der Waals surface area contributed by atoms with E-state index in [4.69, 9.17) is 9.47 Å². The quantitative estimate of drug-likeness (QED) is 0.359. The van der Waals surface area contributed by atoms with E-state index in [0.717, 1.165) is 32.7 Å². The Kier molecular flexibility index (Phi) is 10.5. The van der Waals surface area contributed by atoms with Gasteiger partial charge in [0.25, 0.3) is 0 Å². The maximum atomic E-state index is 11.9. The monoisotopic (exact) mass is 370 g/mol. The highest BCUT2D eigenvalue weighted by Crippen LogP contribution is 2.26. The average molecular weight is 371 g/mol. The van der Waals surface area contributed by atoms with Crippen molar-refractivity contribution >= 4 is 12.1 Å². The number of hydrogen-bond donors (Lipinski definition) is 2. The standard InChI is InChI=1S/C20H38N2O4/c1-15(11-22-18(14-25-4)17-7-9-21-12-17)10-20(3,26-5)8-6-19(24)16(2)13-23/h13,15-18,21-22H,6-12,14H2,1-5H3/t15-,16?,17?,18?,20+/m1/s1. The van der Waals surface area contributed by atoms with Crippen LogP contribution in [0.25, 0.3) is 0 Å². The molecule has 0 aromatic rings. The Hall–Kier alpha value is -0.820. The molecule has 1 heterocycles. The predicted octanol–water partition coefficient (Wildman–Crippen LogP) is 1.82. The number of carbonyl (C=O) groups is 2. The van der Waals surface area contributed by atoms with E-state index in [1.807, 2.05) is 0 Å². The lowest BCUT2D eigenvalue weighted by atomic mass is 9.86. The van der Waals surface area contributed by atoms with E-state index >= 15 is 0 Å². The van der Waals surface area contributed by atoms with Crippen LogP contribution in [-0.4, -0.2) is 64.2 Å². The van der Waals surface area contributed by atoms with Crippen molar-refractivity contribution in [3.8, 4) is 0 Å². The Morgan fingerprint density at radius 1 is 1.38 bits per heavy atom. The van der Waals surface area contributed by atoms with Gasteiger partial charge < -0.3 is 24.9 Å². The number of hydrogen-bond acceptors (Lipinski definition) is 6. The summed E-state index contributed by atoms with van der Waals surface area (Å²) in [6.07, 6.45) is 3.78. The van der Waals surface area contributed by atoms with Gasteiger partial charge in [0.2, 0.25) is 0 Å². The third kappa shape index (κ3) is 7.82. The summed E-state index contributed by atoms with van der Waals surface area (Å²) in [6.45, 7) is 9.65. The molecule has 0 bridgehead atoms. The molecule has 5 atom stereocenters. The number of ketones is 1. The van der Waals surface area contributed by atoms with Crippen LogP contribution in [0.3, 0.4) is 0 Å². The summed E-state index contributed by atoms with van der Waals surface area (Å²) >= 11 is 0. The lowest BCUT2D eigenvalue weighted by molar-refractivity contribution is -0.128. The van der Waals surface area contributed by atoms with Gasteiger partial charge in [-0.1, -0.05) is 6.92 Å². The molecular formula is C20H38N2O4. The Labute approximate surface area is 158 Å². The molecule has 0 spiro atoms. The van der Waals surface area contributed by atoms with E-state index in [1.165, 1.54) is 6.42 Å². The average Bonchev–Trinajstić information content (AvgIpc) is 3.17. The van der Waals surface area contributed by atoms with E-state index in [2.05, 4.69) is 24.5 Å². The van der Waals surface area contributed by atoms with Crippen LogP contribution in [0.4, 0.5) is 0 Å². The van der Waals surface area contributed by atoms with Crippen LogP contribution in [0.1, 0.15) is 46.5 Å². The zero-order valence-electron chi connectivity index (χ0n) is 17.2. The molecule has 0 aliphatic carbocycles. The Balaban J connectivity index is 2.46. The molecule has 2 N–H and O–H groups in total. The van der Waals surface area contributed by atoms with Crippen molar-refractivity contribution in [2.24, 2.45) is 17.8 Å². The fourth-order valence-corrected chi connectivity index (χ4v) is 3.70. The van der Waals surface area contributed by atoms with Gasteiger partial charge in [0.05, 0.1) is 18.1 Å². The maximum Gasteiger partial charge on any atom is 0.142 e. The fourth-order valence-electron chi connectivity index (χ4n) is 3.70. The lowest BCUT2D eigenvalue weighted by Crippen LogP contribution is -2.43. The van der Waals surface area contributed by atoms with Gasteiger partial charge in [-0.15, -0.1) is 0 Å². The van der Waals surface area contributed by atoms with Gasteiger partial charge in [-0.3, -0.25) is 4.79 Å². The Morgan fingerprint density at radius 3 is 2.65 bits per heavy atom. The largest absolute Gasteiger partial charge is 0.383 e. The van der Waals surface area contributed by atoms with Crippen molar-refractivity contribution in [1.82, 2.24) is 10.6 Å². The van der Waals surface area contributed by atoms with Crippen molar-refractivity contribution in [3.05, 3.63) is 0 Å². The Morgan fingerprint density at radius 2 is 2.12 bits per heavy atom. The summed E-state index contributed by atoms with van der Waals surface area (Å²) in [6, 6.07) is 0.362. The molecule has 0 radical (unpaired) electrons. The summed E-state index contributed by atoms with van der Waals surface area (Å²) in [4.78, 5) is 22.7. The second-order valence-electron chi connectivity index (χ2n) is 8.08. The van der Waals surface area contributed by atoms with Gasteiger partial charge in [0.1, 0.15) is 12.1 Å². The molecule has 6 heteroatoms. The van der Waals surface area contributed by atoms with E-state index in [1.54, 1.807) is 21.1 Å². The van der Waals surface area contributed by atoms with E-state index in [9.17, 15) is 9.59 Å². The van der Waals surface area contributed by atoms with Crippen molar-refractivity contribution in [2.45, 2.75) is 58.1 Å². The molecule has 3 unspecified atom stereocenters. The molecule has 1 aliphatic rings. The zero-order valence-corrected chi connectivity index (χ0v) is 17.2. The molecule has 1 rings (SSSR count). The second kappa shape index (κ2) is 11.8. The first-order chi connectivity index (χ1) is 12.3. The van der Waals surface area contributed by atoms with Crippen molar-refractivity contribution < 1.29 is 19.1 Å². The third-order valence-electron chi connectivity index (χ3n) is 5.63. The van der Waals surface area contributed by atoms with Gasteiger partial charge in [-0.25, -0.2) is 0 Å². The van der Waals surface area contributed by atoms with Gasteiger partial charge in [-0.05, 0) is 64.6 Å². The van der Waals surface area contributed by atoms with Crippen molar-refractivity contribution in [1.29, 1.82) is 0 Å². The number of rotatable bonds is 14. The first-order valence-corrected chi connectivity index (χ1v) is 9.81. The summed E-state index contributed by atoms with van der Waals surface area (Å²) in [7, 11) is 3.45. The van der Waals surface area contributed by atoms with Crippen LogP contribution in [0, 0.1) is 17.8 Å². The second-order valence-corrected chi connectivity index (χ2v) is 8.08. The molecule has 26 heavy (non-hydrogen) atoms. The summed E-state index contributed by atoms with van der Waals surface area (Å²) < 4.78 is 11.1. The van der Waals surface area contributed by atoms with Crippen LogP contribution in [0.15, 0.2) is 0 Å². The van der Waals surface area contributed by atoms with E-state index in [0.29, 0.717) is 37.0 Å². The molecule has 0 aromatic heterocycles. The van der Waals surface area contributed by atoms with Gasteiger partial charge >= 0.3 is 0 Å². The zero-order chi connectivity index (χ0) is 19.6. The fraction of sp³-hybridized carbons (Fsp3) is 0.900. The Bertz CT molecular complexity index is 426. The molecule has 152 valence electrons. The topological polar surface area (TPSA) is 76.7 Å².